The molecule has 1 unspecified atom stereocenters. The molecule has 1 amide bonds. The van der Waals surface area contributed by atoms with Crippen LogP contribution in [0.2, 0.25) is 0 Å². The molecule has 0 radical (unpaired) electrons. The molecule has 1 saturated heterocycles. The maximum absolute atomic E-state index is 13.5. The monoisotopic (exact) mass is 486 g/mol. The number of benzene rings is 2. The van der Waals surface area contributed by atoms with Crippen molar-refractivity contribution in [2.75, 3.05) is 52.7 Å². The molecule has 3 rings (SSSR count). The van der Waals surface area contributed by atoms with Crippen LogP contribution >= 0.6 is 0 Å². The normalized spacial score (nSPS) is 15.6. The molecule has 1 heterocycles. The van der Waals surface area contributed by atoms with Gasteiger partial charge in [-0.3, -0.25) is 4.79 Å². The Morgan fingerprint density at radius 2 is 1.65 bits per heavy atom. The van der Waals surface area contributed by atoms with E-state index >= 15 is 0 Å². The summed E-state index contributed by atoms with van der Waals surface area (Å²) in [4.78, 5) is 17.9. The Balaban J connectivity index is 1.89. The largest absolute Gasteiger partial charge is 0.371 e. The molecular formula is C26H38N4O3S. The van der Waals surface area contributed by atoms with Gasteiger partial charge in [0.15, 0.2) is 0 Å². The number of carbonyl (C=O) groups is 1. The molecule has 2 aromatic rings. The topological polar surface area (TPSA) is 73.0 Å². The van der Waals surface area contributed by atoms with Crippen molar-refractivity contribution in [1.82, 2.24) is 14.5 Å². The Morgan fingerprint density at radius 3 is 2.21 bits per heavy atom. The first-order valence-corrected chi connectivity index (χ1v) is 13.4. The van der Waals surface area contributed by atoms with Crippen LogP contribution in [0.4, 0.5) is 5.69 Å². The molecule has 34 heavy (non-hydrogen) atoms. The molecule has 2 aromatic carbocycles. The van der Waals surface area contributed by atoms with Crippen molar-refractivity contribution in [3.05, 3.63) is 59.2 Å². The molecule has 0 saturated carbocycles. The summed E-state index contributed by atoms with van der Waals surface area (Å²) in [6.45, 7) is 4.28. The van der Waals surface area contributed by atoms with Crippen molar-refractivity contribution in [1.29, 1.82) is 0 Å². The van der Waals surface area contributed by atoms with Gasteiger partial charge < -0.3 is 15.1 Å². The lowest BCUT2D eigenvalue weighted by Crippen LogP contribution is -2.36. The lowest BCUT2D eigenvalue weighted by atomic mass is 10.0. The van der Waals surface area contributed by atoms with Gasteiger partial charge in [0, 0.05) is 39.4 Å². The molecule has 7 nitrogen and oxygen atoms in total. The van der Waals surface area contributed by atoms with Gasteiger partial charge in [-0.25, -0.2) is 12.7 Å². The number of likely N-dealkylation sites (N-methyl/N-ethyl adjacent to an activating group) is 1. The number of hydrogen-bond donors (Lipinski definition) is 1. The van der Waals surface area contributed by atoms with Crippen molar-refractivity contribution < 1.29 is 13.2 Å². The number of aryl methyl sites for hydroxylation is 1. The van der Waals surface area contributed by atoms with Crippen molar-refractivity contribution >= 4 is 21.6 Å². The summed E-state index contributed by atoms with van der Waals surface area (Å²) in [6.07, 6.45) is 4.28. The van der Waals surface area contributed by atoms with Crippen LogP contribution in [0.5, 0.6) is 0 Å². The number of sulfonamides is 1. The van der Waals surface area contributed by atoms with E-state index in [1.54, 1.807) is 12.1 Å². The third-order valence-electron chi connectivity index (χ3n) is 6.54. The van der Waals surface area contributed by atoms with Crippen LogP contribution in [0.3, 0.4) is 0 Å². The second kappa shape index (κ2) is 11.3. The first kappa shape index (κ1) is 26.2. The van der Waals surface area contributed by atoms with Gasteiger partial charge in [-0.05, 0) is 69.1 Å². The van der Waals surface area contributed by atoms with Crippen LogP contribution in [-0.4, -0.2) is 71.4 Å². The zero-order chi connectivity index (χ0) is 24.9. The Hall–Kier alpha value is -2.42. The SMILES string of the molecule is CCc1ccc(C(CNC(=O)c2cc(S(=O)(=O)N(C)C)ccc2N2CCCCC2)N(C)C)cc1. The van der Waals surface area contributed by atoms with Gasteiger partial charge in [-0.1, -0.05) is 31.2 Å². The minimum absolute atomic E-state index is 0.00184. The van der Waals surface area contributed by atoms with E-state index in [1.807, 2.05) is 14.1 Å². The van der Waals surface area contributed by atoms with Gasteiger partial charge in [0.1, 0.15) is 0 Å². The lowest BCUT2D eigenvalue weighted by Gasteiger charge is -2.31. The third kappa shape index (κ3) is 5.98. The van der Waals surface area contributed by atoms with Crippen LogP contribution in [0.15, 0.2) is 47.4 Å². The Morgan fingerprint density at radius 1 is 1.00 bits per heavy atom. The lowest BCUT2D eigenvalue weighted by molar-refractivity contribution is 0.0942. The number of carbonyl (C=O) groups excluding carboxylic acids is 1. The zero-order valence-electron chi connectivity index (χ0n) is 21.0. The van der Waals surface area contributed by atoms with Crippen LogP contribution < -0.4 is 10.2 Å². The minimum Gasteiger partial charge on any atom is -0.371 e. The number of nitrogens with zero attached hydrogens (tertiary/aromatic N) is 3. The second-order valence-electron chi connectivity index (χ2n) is 9.30. The number of amides is 1. The first-order valence-electron chi connectivity index (χ1n) is 12.0. The summed E-state index contributed by atoms with van der Waals surface area (Å²) in [5.41, 5.74) is 3.60. The van der Waals surface area contributed by atoms with Gasteiger partial charge in [0.25, 0.3) is 5.91 Å². The van der Waals surface area contributed by atoms with Gasteiger partial charge in [-0.15, -0.1) is 0 Å². The fourth-order valence-electron chi connectivity index (χ4n) is 4.34. The minimum atomic E-state index is -3.65. The maximum atomic E-state index is 13.5. The molecular weight excluding hydrogens is 448 g/mol. The summed E-state index contributed by atoms with van der Waals surface area (Å²) >= 11 is 0. The van der Waals surface area contributed by atoms with E-state index in [2.05, 4.69) is 46.3 Å². The van der Waals surface area contributed by atoms with Crippen LogP contribution in [-0.2, 0) is 16.4 Å². The molecule has 1 aliphatic heterocycles. The summed E-state index contributed by atoms with van der Waals surface area (Å²) in [6, 6.07) is 13.4. The van der Waals surface area contributed by atoms with Crippen LogP contribution in [0.25, 0.3) is 0 Å². The number of nitrogens with one attached hydrogen (secondary N) is 1. The molecule has 1 N–H and O–H groups in total. The molecule has 186 valence electrons. The Labute approximate surface area is 204 Å². The molecule has 0 spiro atoms. The molecule has 1 atom stereocenters. The molecule has 8 heteroatoms. The highest BCUT2D eigenvalue weighted by Gasteiger charge is 2.25. The standard InChI is InChI=1S/C26H38N4O3S/c1-6-20-10-12-21(13-11-20)25(28(2)3)19-27-26(31)23-18-22(34(32,33)29(4)5)14-15-24(23)30-16-8-7-9-17-30/h10-15,18,25H,6-9,16-17,19H2,1-5H3,(H,27,31). The molecule has 1 aliphatic rings. The van der Waals surface area contributed by atoms with Gasteiger partial charge in [0.2, 0.25) is 10.0 Å². The first-order chi connectivity index (χ1) is 16.1. The molecule has 0 aromatic heterocycles. The summed E-state index contributed by atoms with van der Waals surface area (Å²) in [5, 5.41) is 3.08. The van der Waals surface area contributed by atoms with Crippen LogP contribution in [0, 0.1) is 0 Å². The van der Waals surface area contributed by atoms with Crippen molar-refractivity contribution in [2.24, 2.45) is 0 Å². The molecule has 1 fully saturated rings. The van der Waals surface area contributed by atoms with Gasteiger partial charge in [-0.2, -0.15) is 0 Å². The van der Waals surface area contributed by atoms with Crippen molar-refractivity contribution in [3.63, 3.8) is 0 Å². The Bertz CT molecular complexity index is 1080. The average molecular weight is 487 g/mol. The third-order valence-corrected chi connectivity index (χ3v) is 8.35. The summed E-state index contributed by atoms with van der Waals surface area (Å²) in [5.74, 6) is -0.256. The van der Waals surface area contributed by atoms with E-state index in [4.69, 9.17) is 0 Å². The summed E-state index contributed by atoms with van der Waals surface area (Å²) < 4.78 is 26.7. The predicted molar refractivity (Wildman–Crippen MR) is 138 cm³/mol. The fraction of sp³-hybridized carbons (Fsp3) is 0.500. The highest BCUT2D eigenvalue weighted by atomic mass is 32.2. The van der Waals surface area contributed by atoms with Crippen molar-refractivity contribution in [2.45, 2.75) is 43.5 Å². The molecule has 0 bridgehead atoms. The second-order valence-corrected chi connectivity index (χ2v) is 11.5. The number of hydrogen-bond acceptors (Lipinski definition) is 5. The average Bonchev–Trinajstić information content (AvgIpc) is 2.84. The van der Waals surface area contributed by atoms with Crippen LogP contribution in [0.1, 0.15) is 53.7 Å². The predicted octanol–water partition coefficient (Wildman–Crippen LogP) is 3.52. The van der Waals surface area contributed by atoms with E-state index in [-0.39, 0.29) is 16.8 Å². The number of piperidine rings is 1. The molecule has 0 aliphatic carbocycles. The van der Waals surface area contributed by atoms with E-state index in [0.29, 0.717) is 12.1 Å². The highest BCUT2D eigenvalue weighted by Crippen LogP contribution is 2.28. The smallest absolute Gasteiger partial charge is 0.253 e. The van der Waals surface area contributed by atoms with E-state index in [1.165, 1.54) is 36.5 Å². The van der Waals surface area contributed by atoms with E-state index in [0.717, 1.165) is 43.6 Å². The van der Waals surface area contributed by atoms with E-state index < -0.39 is 10.0 Å². The number of rotatable bonds is 9. The quantitative estimate of drug-likeness (QED) is 0.587. The maximum Gasteiger partial charge on any atom is 0.253 e. The fourth-order valence-corrected chi connectivity index (χ4v) is 5.27. The van der Waals surface area contributed by atoms with Gasteiger partial charge >= 0.3 is 0 Å². The summed E-state index contributed by atoms with van der Waals surface area (Å²) in [7, 11) is 3.34. The Kier molecular flexibility index (Phi) is 8.73. The van der Waals surface area contributed by atoms with Gasteiger partial charge in [0.05, 0.1) is 16.5 Å². The van der Waals surface area contributed by atoms with E-state index in [9.17, 15) is 13.2 Å². The zero-order valence-corrected chi connectivity index (χ0v) is 21.9. The number of anilines is 1. The van der Waals surface area contributed by atoms with Crippen molar-refractivity contribution in [3.8, 4) is 0 Å². The highest BCUT2D eigenvalue weighted by molar-refractivity contribution is 7.89.